The van der Waals surface area contributed by atoms with Crippen LogP contribution in [0.3, 0.4) is 0 Å². The van der Waals surface area contributed by atoms with Crippen LogP contribution in [0.5, 0.6) is 5.75 Å². The molecule has 146 valence electrons. The van der Waals surface area contributed by atoms with Crippen molar-refractivity contribution in [2.75, 3.05) is 13.6 Å². The van der Waals surface area contributed by atoms with Crippen molar-refractivity contribution in [2.24, 2.45) is 0 Å². The van der Waals surface area contributed by atoms with Gasteiger partial charge in [0.05, 0.1) is 15.5 Å². The van der Waals surface area contributed by atoms with Crippen molar-refractivity contribution in [1.29, 1.82) is 0 Å². The monoisotopic (exact) mass is 418 g/mol. The second kappa shape index (κ2) is 9.12. The van der Waals surface area contributed by atoms with E-state index in [0.29, 0.717) is 6.42 Å². The van der Waals surface area contributed by atoms with Gasteiger partial charge in [-0.1, -0.05) is 23.7 Å². The molecular weight excluding hydrogens is 402 g/mol. The minimum atomic E-state index is -3.70. The van der Waals surface area contributed by atoms with E-state index in [2.05, 4.69) is 14.8 Å². The third kappa shape index (κ3) is 5.88. The Morgan fingerprint density at radius 3 is 2.44 bits per heavy atom. The lowest BCUT2D eigenvalue weighted by Gasteiger charge is -2.10. The zero-order valence-corrected chi connectivity index (χ0v) is 15.8. The first kappa shape index (κ1) is 21.1. The second-order valence-electron chi connectivity index (χ2n) is 5.38. The zero-order valence-electron chi connectivity index (χ0n) is 14.2. The van der Waals surface area contributed by atoms with Gasteiger partial charge in [0, 0.05) is 6.54 Å². The molecular formula is C17H17ClF2N2O4S. The highest BCUT2D eigenvalue weighted by atomic mass is 35.5. The van der Waals surface area contributed by atoms with Crippen molar-refractivity contribution >= 4 is 27.5 Å². The summed E-state index contributed by atoms with van der Waals surface area (Å²) in [6, 6.07) is 9.86. The lowest BCUT2D eigenvalue weighted by molar-refractivity contribution is -0.0498. The van der Waals surface area contributed by atoms with E-state index in [1.807, 2.05) is 0 Å². The summed E-state index contributed by atoms with van der Waals surface area (Å²) in [5.41, 5.74) is 0.836. The van der Waals surface area contributed by atoms with E-state index in [1.165, 1.54) is 37.4 Å². The highest BCUT2D eigenvalue weighted by molar-refractivity contribution is 7.89. The highest BCUT2D eigenvalue weighted by Crippen LogP contribution is 2.20. The first-order valence-electron chi connectivity index (χ1n) is 7.78. The molecule has 0 saturated carbocycles. The van der Waals surface area contributed by atoms with Crippen LogP contribution in [0.2, 0.25) is 5.02 Å². The van der Waals surface area contributed by atoms with Gasteiger partial charge in [0.1, 0.15) is 5.75 Å². The van der Waals surface area contributed by atoms with Gasteiger partial charge in [-0.15, -0.1) is 0 Å². The van der Waals surface area contributed by atoms with Crippen molar-refractivity contribution in [3.05, 3.63) is 58.6 Å². The average molecular weight is 419 g/mol. The third-order valence-electron chi connectivity index (χ3n) is 3.61. The molecule has 2 rings (SSSR count). The van der Waals surface area contributed by atoms with Crippen molar-refractivity contribution < 1.29 is 26.7 Å². The summed E-state index contributed by atoms with van der Waals surface area (Å²) in [4.78, 5) is 12.2. The maximum atomic E-state index is 12.3. The van der Waals surface area contributed by atoms with E-state index >= 15 is 0 Å². The molecule has 0 unspecified atom stereocenters. The van der Waals surface area contributed by atoms with E-state index in [4.69, 9.17) is 11.6 Å². The molecule has 0 spiro atoms. The Balaban J connectivity index is 1.99. The Labute approximate surface area is 160 Å². The zero-order chi connectivity index (χ0) is 20.0. The lowest BCUT2D eigenvalue weighted by atomic mass is 10.1. The number of rotatable bonds is 8. The quantitative estimate of drug-likeness (QED) is 0.690. The van der Waals surface area contributed by atoms with Gasteiger partial charge < -0.3 is 10.1 Å². The third-order valence-corrected chi connectivity index (χ3v) is 5.35. The number of carbonyl (C=O) groups excluding carboxylic acids is 1. The summed E-state index contributed by atoms with van der Waals surface area (Å²) < 4.78 is 54.3. The number of halogens is 3. The van der Waals surface area contributed by atoms with Gasteiger partial charge in [0.25, 0.3) is 5.91 Å². The van der Waals surface area contributed by atoms with Crippen LogP contribution in [-0.4, -0.2) is 34.5 Å². The van der Waals surface area contributed by atoms with Crippen molar-refractivity contribution in [2.45, 2.75) is 17.9 Å². The maximum Gasteiger partial charge on any atom is 0.387 e. The number of carbonyl (C=O) groups is 1. The first-order valence-corrected chi connectivity index (χ1v) is 9.64. The SMILES string of the molecule is CNS(=O)(=O)c1ccc(Cl)c(C(=O)NCCc2ccc(OC(F)F)cc2)c1. The van der Waals surface area contributed by atoms with Crippen LogP contribution in [-0.2, 0) is 16.4 Å². The van der Waals surface area contributed by atoms with E-state index in [1.54, 1.807) is 12.1 Å². The minimum Gasteiger partial charge on any atom is -0.435 e. The summed E-state index contributed by atoms with van der Waals surface area (Å²) in [7, 11) is -2.44. The molecule has 2 aromatic rings. The van der Waals surface area contributed by atoms with Gasteiger partial charge in [-0.05, 0) is 49.4 Å². The minimum absolute atomic E-state index is 0.0358. The number of hydrogen-bond acceptors (Lipinski definition) is 4. The van der Waals surface area contributed by atoms with Gasteiger partial charge in [-0.2, -0.15) is 8.78 Å². The Morgan fingerprint density at radius 2 is 1.85 bits per heavy atom. The van der Waals surface area contributed by atoms with Gasteiger partial charge in [-0.3, -0.25) is 4.79 Å². The van der Waals surface area contributed by atoms with Gasteiger partial charge >= 0.3 is 6.61 Å². The fourth-order valence-corrected chi connectivity index (χ4v) is 3.18. The molecule has 0 saturated heterocycles. The van der Waals surface area contributed by atoms with Crippen LogP contribution in [0.15, 0.2) is 47.4 Å². The first-order chi connectivity index (χ1) is 12.7. The molecule has 0 radical (unpaired) electrons. The Morgan fingerprint density at radius 1 is 1.19 bits per heavy atom. The number of alkyl halides is 2. The molecule has 0 aromatic heterocycles. The van der Waals surface area contributed by atoms with E-state index in [-0.39, 0.29) is 27.8 Å². The van der Waals surface area contributed by atoms with Gasteiger partial charge in [-0.25, -0.2) is 13.1 Å². The normalized spacial score (nSPS) is 11.4. The molecule has 10 heteroatoms. The molecule has 27 heavy (non-hydrogen) atoms. The summed E-state index contributed by atoms with van der Waals surface area (Å²) in [5.74, 6) is -0.474. The van der Waals surface area contributed by atoms with Crippen LogP contribution < -0.4 is 14.8 Å². The fourth-order valence-electron chi connectivity index (χ4n) is 2.22. The maximum absolute atomic E-state index is 12.3. The highest BCUT2D eigenvalue weighted by Gasteiger charge is 2.17. The topological polar surface area (TPSA) is 84.5 Å². The number of amides is 1. The number of benzene rings is 2. The fraction of sp³-hybridized carbons (Fsp3) is 0.235. The Bertz CT molecular complexity index is 906. The van der Waals surface area contributed by atoms with Crippen molar-refractivity contribution in [3.8, 4) is 5.75 Å². The summed E-state index contributed by atoms with van der Waals surface area (Å²) in [6.07, 6.45) is 0.437. The molecule has 0 fully saturated rings. The van der Waals surface area contributed by atoms with E-state index in [0.717, 1.165) is 5.56 Å². The molecule has 6 nitrogen and oxygen atoms in total. The van der Waals surface area contributed by atoms with Gasteiger partial charge in [0.2, 0.25) is 10.0 Å². The lowest BCUT2D eigenvalue weighted by Crippen LogP contribution is -2.26. The number of sulfonamides is 1. The second-order valence-corrected chi connectivity index (χ2v) is 7.67. The molecule has 0 aliphatic rings. The molecule has 2 aromatic carbocycles. The molecule has 0 atom stereocenters. The standard InChI is InChI=1S/C17H17ClF2N2O4S/c1-21-27(24,25)13-6-7-15(18)14(10-13)16(23)22-9-8-11-2-4-12(5-3-11)26-17(19)20/h2-7,10,17,21H,8-9H2,1H3,(H,22,23). The molecule has 0 bridgehead atoms. The Hall–Kier alpha value is -2.23. The molecule has 2 N–H and O–H groups in total. The van der Waals surface area contributed by atoms with E-state index < -0.39 is 22.5 Å². The number of ether oxygens (including phenoxy) is 1. The van der Waals surface area contributed by atoms with Crippen LogP contribution in [0.1, 0.15) is 15.9 Å². The van der Waals surface area contributed by atoms with Crippen LogP contribution in [0, 0.1) is 0 Å². The summed E-state index contributed by atoms with van der Waals surface area (Å²) in [6.45, 7) is -2.64. The van der Waals surface area contributed by atoms with Crippen LogP contribution in [0.4, 0.5) is 8.78 Å². The van der Waals surface area contributed by atoms with Crippen LogP contribution in [0.25, 0.3) is 0 Å². The van der Waals surface area contributed by atoms with Gasteiger partial charge in [0.15, 0.2) is 0 Å². The van der Waals surface area contributed by atoms with E-state index in [9.17, 15) is 22.0 Å². The molecule has 0 heterocycles. The summed E-state index contributed by atoms with van der Waals surface area (Å²) in [5, 5.41) is 2.76. The molecule has 0 aliphatic carbocycles. The summed E-state index contributed by atoms with van der Waals surface area (Å²) >= 11 is 5.99. The van der Waals surface area contributed by atoms with Crippen molar-refractivity contribution in [3.63, 3.8) is 0 Å². The number of hydrogen-bond donors (Lipinski definition) is 2. The largest absolute Gasteiger partial charge is 0.435 e. The molecule has 0 aliphatic heterocycles. The average Bonchev–Trinajstić information content (AvgIpc) is 2.62. The predicted molar refractivity (Wildman–Crippen MR) is 96.8 cm³/mol. The smallest absolute Gasteiger partial charge is 0.387 e. The number of nitrogens with one attached hydrogen (secondary N) is 2. The predicted octanol–water partition coefficient (Wildman–Crippen LogP) is 2.82. The molecule has 1 amide bonds. The van der Waals surface area contributed by atoms with Crippen LogP contribution >= 0.6 is 11.6 Å². The van der Waals surface area contributed by atoms with Crippen molar-refractivity contribution in [1.82, 2.24) is 10.0 Å². The Kier molecular flexibility index (Phi) is 7.11.